The maximum atomic E-state index is 13.7. The standard InChI is InChI=1S/C31H25F2N3O2/c32-23-10-5-21(6-11-23)28(22-7-12-24(33)13-8-22)35-15-17-36(18-16-35)29-26-14-9-20-3-1-2-4-25(20)30(26)38-31(37)27(29)19-34/h1-8,10-13,28H,9,14-18H2. The number of fused-ring (bicyclic) bond motifs is 3. The molecule has 0 spiro atoms. The molecule has 0 bridgehead atoms. The molecule has 1 saturated heterocycles. The number of aryl methyl sites for hydroxylation is 1. The van der Waals surface area contributed by atoms with Crippen molar-refractivity contribution in [2.24, 2.45) is 0 Å². The van der Waals surface area contributed by atoms with Crippen LogP contribution in [-0.2, 0) is 12.8 Å². The van der Waals surface area contributed by atoms with E-state index >= 15 is 0 Å². The van der Waals surface area contributed by atoms with Crippen molar-refractivity contribution in [2.45, 2.75) is 18.9 Å². The van der Waals surface area contributed by atoms with Crippen molar-refractivity contribution in [3.05, 3.63) is 123 Å². The zero-order valence-electron chi connectivity index (χ0n) is 20.7. The first-order valence-electron chi connectivity index (χ1n) is 12.7. The molecular formula is C31H25F2N3O2. The van der Waals surface area contributed by atoms with Gasteiger partial charge in [0.25, 0.3) is 0 Å². The Bertz CT molecular complexity index is 1540. The van der Waals surface area contributed by atoms with Crippen LogP contribution in [0.2, 0.25) is 0 Å². The van der Waals surface area contributed by atoms with Crippen molar-refractivity contribution in [3.63, 3.8) is 0 Å². The molecule has 1 aliphatic heterocycles. The Morgan fingerprint density at radius 2 is 1.42 bits per heavy atom. The third-order valence-electron chi connectivity index (χ3n) is 7.58. The third-order valence-corrected chi connectivity index (χ3v) is 7.58. The normalized spacial score (nSPS) is 15.2. The van der Waals surface area contributed by atoms with Crippen LogP contribution in [0.4, 0.5) is 14.5 Å². The number of hydrogen-bond donors (Lipinski definition) is 0. The second-order valence-electron chi connectivity index (χ2n) is 9.72. The van der Waals surface area contributed by atoms with Crippen LogP contribution in [0.25, 0.3) is 11.3 Å². The van der Waals surface area contributed by atoms with Gasteiger partial charge >= 0.3 is 5.63 Å². The maximum Gasteiger partial charge on any atom is 0.356 e. The summed E-state index contributed by atoms with van der Waals surface area (Å²) in [6, 6.07) is 22.6. The molecule has 5 nitrogen and oxygen atoms in total. The van der Waals surface area contributed by atoms with E-state index in [4.69, 9.17) is 4.42 Å². The van der Waals surface area contributed by atoms with Gasteiger partial charge in [-0.1, -0.05) is 48.5 Å². The molecule has 0 saturated carbocycles. The van der Waals surface area contributed by atoms with Gasteiger partial charge in [0.1, 0.15) is 23.5 Å². The van der Waals surface area contributed by atoms with Crippen LogP contribution >= 0.6 is 0 Å². The van der Waals surface area contributed by atoms with E-state index < -0.39 is 5.63 Å². The van der Waals surface area contributed by atoms with Crippen molar-refractivity contribution in [1.82, 2.24) is 4.90 Å². The van der Waals surface area contributed by atoms with Gasteiger partial charge in [0, 0.05) is 37.3 Å². The Kier molecular flexibility index (Phi) is 6.26. The molecule has 38 heavy (non-hydrogen) atoms. The molecule has 2 heterocycles. The second-order valence-corrected chi connectivity index (χ2v) is 9.72. The largest absolute Gasteiger partial charge is 0.421 e. The Balaban J connectivity index is 1.34. The number of piperazine rings is 1. The summed E-state index contributed by atoms with van der Waals surface area (Å²) in [4.78, 5) is 17.3. The number of anilines is 1. The van der Waals surface area contributed by atoms with Gasteiger partial charge in [-0.25, -0.2) is 13.6 Å². The lowest BCUT2D eigenvalue weighted by atomic mass is 9.88. The van der Waals surface area contributed by atoms with Gasteiger partial charge in [0.05, 0.1) is 11.7 Å². The molecule has 0 amide bonds. The van der Waals surface area contributed by atoms with Gasteiger partial charge in [-0.15, -0.1) is 0 Å². The smallest absolute Gasteiger partial charge is 0.356 e. The van der Waals surface area contributed by atoms with E-state index in [1.54, 1.807) is 24.3 Å². The highest BCUT2D eigenvalue weighted by Gasteiger charge is 2.32. The van der Waals surface area contributed by atoms with E-state index in [1.807, 2.05) is 24.3 Å². The van der Waals surface area contributed by atoms with Crippen molar-refractivity contribution in [3.8, 4) is 17.4 Å². The molecule has 0 N–H and O–H groups in total. The summed E-state index contributed by atoms with van der Waals surface area (Å²) < 4.78 is 33.1. The molecular weight excluding hydrogens is 484 g/mol. The lowest BCUT2D eigenvalue weighted by Crippen LogP contribution is -2.48. The fourth-order valence-corrected chi connectivity index (χ4v) is 5.78. The average molecular weight is 510 g/mol. The number of nitrogens with zero attached hydrogens (tertiary/aromatic N) is 3. The fourth-order valence-electron chi connectivity index (χ4n) is 5.78. The van der Waals surface area contributed by atoms with Crippen molar-refractivity contribution in [2.75, 3.05) is 31.1 Å². The summed E-state index contributed by atoms with van der Waals surface area (Å²) in [5.74, 6) is -0.0618. The highest BCUT2D eigenvalue weighted by atomic mass is 19.1. The van der Waals surface area contributed by atoms with E-state index in [2.05, 4.69) is 15.9 Å². The minimum absolute atomic E-state index is 0.0465. The van der Waals surface area contributed by atoms with Crippen LogP contribution in [-0.4, -0.2) is 31.1 Å². The lowest BCUT2D eigenvalue weighted by Gasteiger charge is -2.41. The highest BCUT2D eigenvalue weighted by molar-refractivity contribution is 5.77. The van der Waals surface area contributed by atoms with Crippen LogP contribution in [0.1, 0.15) is 33.9 Å². The predicted molar refractivity (Wildman–Crippen MR) is 141 cm³/mol. The van der Waals surface area contributed by atoms with Crippen molar-refractivity contribution < 1.29 is 13.2 Å². The van der Waals surface area contributed by atoms with Gasteiger partial charge in [-0.3, -0.25) is 4.90 Å². The van der Waals surface area contributed by atoms with Crippen LogP contribution < -0.4 is 10.5 Å². The number of nitriles is 1. The number of rotatable bonds is 4. The first-order chi connectivity index (χ1) is 18.5. The molecule has 0 atom stereocenters. The Morgan fingerprint density at radius 3 is 2.03 bits per heavy atom. The van der Waals surface area contributed by atoms with E-state index in [-0.39, 0.29) is 23.2 Å². The number of halogens is 2. The van der Waals surface area contributed by atoms with E-state index in [1.165, 1.54) is 24.3 Å². The molecule has 2 aliphatic rings. The van der Waals surface area contributed by atoms with Crippen LogP contribution in [0.5, 0.6) is 0 Å². The quantitative estimate of drug-likeness (QED) is 0.365. The average Bonchev–Trinajstić information content (AvgIpc) is 2.95. The molecule has 3 aromatic carbocycles. The summed E-state index contributed by atoms with van der Waals surface area (Å²) in [5.41, 5.74) is 4.88. The molecule has 1 fully saturated rings. The van der Waals surface area contributed by atoms with Gasteiger partial charge in [-0.2, -0.15) is 5.26 Å². The minimum Gasteiger partial charge on any atom is -0.421 e. The first kappa shape index (κ1) is 24.1. The number of benzene rings is 3. The zero-order chi connectivity index (χ0) is 26.2. The monoisotopic (exact) mass is 509 g/mol. The van der Waals surface area contributed by atoms with Gasteiger partial charge in [-0.05, 0) is 53.8 Å². The topological polar surface area (TPSA) is 60.5 Å². The maximum absolute atomic E-state index is 13.7. The van der Waals surface area contributed by atoms with Crippen LogP contribution in [0.15, 0.2) is 82.0 Å². The van der Waals surface area contributed by atoms with Gasteiger partial charge in [0.15, 0.2) is 5.56 Å². The van der Waals surface area contributed by atoms with E-state index in [9.17, 15) is 18.8 Å². The van der Waals surface area contributed by atoms with Gasteiger partial charge in [0.2, 0.25) is 0 Å². The van der Waals surface area contributed by atoms with Gasteiger partial charge < -0.3 is 9.32 Å². The summed E-state index contributed by atoms with van der Waals surface area (Å²) >= 11 is 0. The molecule has 1 aliphatic carbocycles. The summed E-state index contributed by atoms with van der Waals surface area (Å²) in [6.45, 7) is 2.45. The molecule has 1 aromatic heterocycles. The molecule has 6 rings (SSSR count). The fraction of sp³-hybridized carbons (Fsp3) is 0.226. The first-order valence-corrected chi connectivity index (χ1v) is 12.7. The Labute approximate surface area is 219 Å². The van der Waals surface area contributed by atoms with Crippen molar-refractivity contribution in [1.29, 1.82) is 5.26 Å². The SMILES string of the molecule is N#Cc1c(N2CCN(C(c3ccc(F)cc3)c3ccc(F)cc3)CC2)c2c(oc1=O)-c1ccccc1CC2. The summed E-state index contributed by atoms with van der Waals surface area (Å²) in [7, 11) is 0. The molecule has 0 radical (unpaired) electrons. The summed E-state index contributed by atoms with van der Waals surface area (Å²) in [5, 5.41) is 9.90. The third kappa shape index (κ3) is 4.27. The van der Waals surface area contributed by atoms with Crippen LogP contribution in [0, 0.1) is 23.0 Å². The Hall–Kier alpha value is -4.28. The molecule has 4 aromatic rings. The Morgan fingerprint density at radius 1 is 0.816 bits per heavy atom. The second kappa shape index (κ2) is 9.88. The minimum atomic E-state index is -0.615. The van der Waals surface area contributed by atoms with Crippen molar-refractivity contribution >= 4 is 5.69 Å². The van der Waals surface area contributed by atoms with Crippen LogP contribution in [0.3, 0.4) is 0 Å². The zero-order valence-corrected chi connectivity index (χ0v) is 20.7. The predicted octanol–water partition coefficient (Wildman–Crippen LogP) is 5.47. The molecule has 0 unspecified atom stereocenters. The number of hydrogen-bond acceptors (Lipinski definition) is 5. The molecule has 190 valence electrons. The lowest BCUT2D eigenvalue weighted by molar-refractivity contribution is 0.212. The summed E-state index contributed by atoms with van der Waals surface area (Å²) in [6.07, 6.45) is 1.50. The van der Waals surface area contributed by atoms with E-state index in [0.29, 0.717) is 44.0 Å². The van der Waals surface area contributed by atoms with E-state index in [0.717, 1.165) is 34.2 Å². The highest BCUT2D eigenvalue weighted by Crippen LogP contribution is 2.40. The molecule has 7 heteroatoms.